The van der Waals surface area contributed by atoms with Crippen LogP contribution < -0.4 is 18.3 Å². The highest BCUT2D eigenvalue weighted by atomic mass is 14.9. The summed E-state index contributed by atoms with van der Waals surface area (Å²) in [4.78, 5) is 0. The molecule has 0 N–H and O–H groups in total. The molecule has 0 saturated carbocycles. The van der Waals surface area contributed by atoms with Crippen LogP contribution in [0.3, 0.4) is 0 Å². The van der Waals surface area contributed by atoms with Crippen LogP contribution in [0.4, 0.5) is 0 Å². The molecule has 484 valence electrons. The summed E-state index contributed by atoms with van der Waals surface area (Å²) in [6, 6.07) is 74.2. The third-order valence-corrected chi connectivity index (χ3v) is 17.7. The van der Waals surface area contributed by atoms with Crippen LogP contribution >= 0.6 is 0 Å². The van der Waals surface area contributed by atoms with E-state index in [2.05, 4.69) is 228 Å². The molecule has 0 fully saturated rings. The van der Waals surface area contributed by atoms with Crippen molar-refractivity contribution >= 4 is 0 Å². The molecule has 0 aliphatic rings. The van der Waals surface area contributed by atoms with E-state index in [-0.39, 0.29) is 18.6 Å². The van der Waals surface area contributed by atoms with E-state index in [1.807, 2.05) is 99.4 Å². The Bertz CT molecular complexity index is 5010. The molecule has 0 spiro atoms. The highest BCUT2D eigenvalue weighted by Crippen LogP contribution is 2.32. The molecule has 12 rings (SSSR count). The molecule has 4 heterocycles. The average Bonchev–Trinajstić information content (AvgIpc) is 0.756. The molecule has 0 amide bonds. The lowest BCUT2D eigenvalue weighted by Crippen LogP contribution is -2.30. The standard InChI is InChI=1S/C25H30N.C23H26N.2C21H22N.CH4/c1-17(2)21-13-22(18(3)4)15-23(14-21)20-11-12-25(26(6)16-20)24-10-8-7-9-19(24)5;1-5-18-13-19(6-2)15-21(14-18)20-11-12-23(24(4)16-20)22-10-8-7-9-17(22)3;1-15-11-16(2)13-19(12-15)18-9-10-21(22(4)14-18)20-8-6-5-7-17(20)3;1-15-9-10-18(13-17(15)3)19-11-12-21(22(4)14-19)20-8-6-5-7-16(20)2;/h7-18H,1-6H3;7-16H,5-6H2,1-4H3;2*5-14H,1-4H3;1H4/q4*+1;/i1D3,3D3,17D,18D;;;1D3;. The summed E-state index contributed by atoms with van der Waals surface area (Å²) in [7, 11) is 8.20. The summed E-state index contributed by atoms with van der Waals surface area (Å²) in [6.45, 7) is 14.3. The highest BCUT2D eigenvalue weighted by molar-refractivity contribution is 5.71. The first-order valence-electron chi connectivity index (χ1n) is 38.1. The van der Waals surface area contributed by atoms with Gasteiger partial charge in [-0.05, 0) is 206 Å². The molecular weight excluding hydrogens is 1150 g/mol. The second-order valence-electron chi connectivity index (χ2n) is 25.1. The molecule has 2 unspecified atom stereocenters. The maximum atomic E-state index is 8.58. The molecule has 4 nitrogen and oxygen atoms in total. The topological polar surface area (TPSA) is 15.5 Å². The summed E-state index contributed by atoms with van der Waals surface area (Å²) in [5.74, 6) is -3.96. The molecule has 4 aromatic heterocycles. The predicted octanol–water partition coefficient (Wildman–Crippen LogP) is 21.9. The van der Waals surface area contributed by atoms with Crippen LogP contribution in [0, 0.1) is 55.3 Å². The predicted molar refractivity (Wildman–Crippen MR) is 406 cm³/mol. The van der Waals surface area contributed by atoms with Crippen molar-refractivity contribution in [1.29, 1.82) is 0 Å². The Morgan fingerprint density at radius 2 is 0.632 bits per heavy atom. The van der Waals surface area contributed by atoms with Crippen LogP contribution in [0.15, 0.2) is 243 Å². The summed E-state index contributed by atoms with van der Waals surface area (Å²) in [5, 5.41) is 0. The molecule has 0 aliphatic heterocycles. The van der Waals surface area contributed by atoms with E-state index in [1.54, 1.807) is 18.2 Å². The maximum absolute atomic E-state index is 8.58. The van der Waals surface area contributed by atoms with Crippen molar-refractivity contribution in [2.45, 2.75) is 129 Å². The highest BCUT2D eigenvalue weighted by Gasteiger charge is 2.19. The molecule has 2 atom stereocenters. The maximum Gasteiger partial charge on any atom is 0.212 e. The molecule has 0 aliphatic carbocycles. The van der Waals surface area contributed by atoms with Gasteiger partial charge in [-0.3, -0.25) is 0 Å². The fourth-order valence-corrected chi connectivity index (χ4v) is 12.2. The SMILES string of the molecule is C.CCc1cc(CC)cc(-c2ccc(-c3ccccc3C)[n+](C)c2)c1.Cc1cc(C)cc(-c2ccc(-c3ccccc3C)[n+](C)c2)c1.[2H]C([2H])([2H])C([2H])(C)c1cc(-c2ccc(-c3ccccc3C)[n+](C)c2)cc(C([2H])(C)C([2H])([2H])[2H])c1.[2H]C([2H])([2H])c1ccc(-c2ccc(-c3ccccc3C)[n+](C)c2)cc1C. The van der Waals surface area contributed by atoms with Gasteiger partial charge in [-0.1, -0.05) is 206 Å². The van der Waals surface area contributed by atoms with Gasteiger partial charge in [0.1, 0.15) is 28.2 Å². The van der Waals surface area contributed by atoms with Crippen LogP contribution in [0.5, 0.6) is 0 Å². The zero-order chi connectivity index (χ0) is 76.7. The van der Waals surface area contributed by atoms with E-state index in [4.69, 9.17) is 15.1 Å². The third-order valence-electron chi connectivity index (χ3n) is 17.7. The zero-order valence-electron chi connectivity index (χ0n) is 68.8. The minimum absolute atomic E-state index is 0. The van der Waals surface area contributed by atoms with Crippen LogP contribution in [0.1, 0.15) is 142 Å². The normalized spacial score (nSPS) is 14.2. The summed E-state index contributed by atoms with van der Waals surface area (Å²) < 4.78 is 95.6. The first kappa shape index (κ1) is 56.9. The number of aryl methyl sites for hydroxylation is 14. The van der Waals surface area contributed by atoms with Gasteiger partial charge in [0.05, 0.1) is 0 Å². The van der Waals surface area contributed by atoms with Crippen LogP contribution in [-0.2, 0) is 41.0 Å². The van der Waals surface area contributed by atoms with Crippen molar-refractivity contribution in [2.24, 2.45) is 28.2 Å². The molecule has 95 heavy (non-hydrogen) atoms. The molecule has 12 aromatic rings. The Morgan fingerprint density at radius 3 is 0.937 bits per heavy atom. The van der Waals surface area contributed by atoms with E-state index >= 15 is 0 Å². The zero-order valence-corrected chi connectivity index (χ0v) is 57.8. The molecule has 4 heteroatoms. The van der Waals surface area contributed by atoms with Crippen molar-refractivity contribution in [3.8, 4) is 89.5 Å². The van der Waals surface area contributed by atoms with Gasteiger partial charge in [0.2, 0.25) is 22.8 Å². The van der Waals surface area contributed by atoms with E-state index in [0.29, 0.717) is 11.1 Å². The Kier molecular flexibility index (Phi) is 19.4. The van der Waals surface area contributed by atoms with Crippen LogP contribution in [0.2, 0.25) is 0 Å². The third kappa shape index (κ3) is 17.8. The van der Waals surface area contributed by atoms with Gasteiger partial charge >= 0.3 is 0 Å². The Morgan fingerprint density at radius 1 is 0.316 bits per heavy atom. The van der Waals surface area contributed by atoms with E-state index in [1.165, 1.54) is 109 Å². The van der Waals surface area contributed by atoms with E-state index in [0.717, 1.165) is 57.6 Å². The van der Waals surface area contributed by atoms with Crippen molar-refractivity contribution in [3.05, 3.63) is 310 Å². The molecule has 0 radical (unpaired) electrons. The number of hydrogen-bond acceptors (Lipinski definition) is 0. The smallest absolute Gasteiger partial charge is 0.200 e. The lowest BCUT2D eigenvalue weighted by Gasteiger charge is -2.14. The lowest BCUT2D eigenvalue weighted by atomic mass is 9.91. The molecule has 0 bridgehead atoms. The first-order valence-corrected chi connectivity index (χ1v) is 32.6. The van der Waals surface area contributed by atoms with Crippen LogP contribution in [0.25, 0.3) is 89.5 Å². The number of pyridine rings is 4. The van der Waals surface area contributed by atoms with Gasteiger partial charge in [0.15, 0.2) is 24.8 Å². The van der Waals surface area contributed by atoms with Crippen molar-refractivity contribution < 1.29 is 33.3 Å². The Balaban J connectivity index is 0.000000180. The lowest BCUT2D eigenvalue weighted by molar-refractivity contribution is -0.660. The summed E-state index contributed by atoms with van der Waals surface area (Å²) in [6.07, 6.45) is 10.6. The monoisotopic (exact) mass is 1260 g/mol. The van der Waals surface area contributed by atoms with Crippen molar-refractivity contribution in [2.75, 3.05) is 0 Å². The summed E-state index contributed by atoms with van der Waals surface area (Å²) >= 11 is 0. The minimum Gasteiger partial charge on any atom is -0.200 e. The van der Waals surface area contributed by atoms with Crippen molar-refractivity contribution in [1.82, 2.24) is 0 Å². The van der Waals surface area contributed by atoms with E-state index < -0.39 is 32.3 Å². The van der Waals surface area contributed by atoms with Crippen LogP contribution in [-0.4, -0.2) is 0 Å². The fourth-order valence-electron chi connectivity index (χ4n) is 12.2. The molecule has 8 aromatic carbocycles. The number of benzene rings is 8. The average molecular weight is 1260 g/mol. The number of hydrogen-bond donors (Lipinski definition) is 0. The van der Waals surface area contributed by atoms with Gasteiger partial charge in [0.25, 0.3) is 0 Å². The molecule has 0 saturated heterocycles. The molecular formula is C91H104N4+4. The minimum atomic E-state index is -2.64. The van der Waals surface area contributed by atoms with Crippen molar-refractivity contribution in [3.63, 3.8) is 0 Å². The number of rotatable bonds is 12. The Labute approximate surface area is 587 Å². The van der Waals surface area contributed by atoms with Gasteiger partial charge in [0, 0.05) is 83.9 Å². The first-order chi connectivity index (χ1) is 49.4. The van der Waals surface area contributed by atoms with Gasteiger partial charge < -0.3 is 0 Å². The van der Waals surface area contributed by atoms with E-state index in [9.17, 15) is 0 Å². The second-order valence-corrected chi connectivity index (χ2v) is 25.1. The second kappa shape index (κ2) is 32.5. The Hall–Kier alpha value is -9.64. The fraction of sp³-hybridized carbons (Fsp3) is 0.253. The number of nitrogens with zero attached hydrogens (tertiary/aromatic N) is 4. The van der Waals surface area contributed by atoms with Gasteiger partial charge in [-0.15, -0.1) is 0 Å². The number of aromatic nitrogens is 4. The van der Waals surface area contributed by atoms with Gasteiger partial charge in [-0.2, -0.15) is 0 Å². The van der Waals surface area contributed by atoms with Gasteiger partial charge in [-0.25, -0.2) is 18.3 Å². The summed E-state index contributed by atoms with van der Waals surface area (Å²) in [5.41, 5.74) is 29.9. The largest absolute Gasteiger partial charge is 0.212 e. The quantitative estimate of drug-likeness (QED) is 0.108.